The lowest BCUT2D eigenvalue weighted by Gasteiger charge is -2.28. The van der Waals surface area contributed by atoms with Gasteiger partial charge in [0.1, 0.15) is 0 Å². The molecule has 112 valence electrons. The Kier molecular flexibility index (Phi) is 5.07. The zero-order valence-electron chi connectivity index (χ0n) is 12.3. The van der Waals surface area contributed by atoms with Gasteiger partial charge in [-0.3, -0.25) is 4.79 Å². The Labute approximate surface area is 129 Å². The lowest BCUT2D eigenvalue weighted by Crippen LogP contribution is -2.27. The van der Waals surface area contributed by atoms with Crippen molar-refractivity contribution >= 4 is 17.7 Å². The van der Waals surface area contributed by atoms with E-state index < -0.39 is 5.97 Å². The first-order chi connectivity index (χ1) is 9.99. The molecule has 1 aromatic carbocycles. The lowest BCUT2D eigenvalue weighted by atomic mass is 9.95. The van der Waals surface area contributed by atoms with E-state index in [1.807, 2.05) is 24.4 Å². The summed E-state index contributed by atoms with van der Waals surface area (Å²) in [4.78, 5) is 15.0. The summed E-state index contributed by atoms with van der Waals surface area (Å²) in [5, 5.41) is 9.56. The molecule has 2 rings (SSSR count). The second-order valence-corrected chi connectivity index (χ2v) is 6.50. The fourth-order valence-corrected chi connectivity index (χ4v) is 3.03. The van der Waals surface area contributed by atoms with Gasteiger partial charge in [0.15, 0.2) is 5.16 Å². The molecule has 1 aromatic heterocycles. The number of benzene rings is 1. The predicted octanol–water partition coefficient (Wildman–Crippen LogP) is 3.43. The lowest BCUT2D eigenvalue weighted by molar-refractivity contribution is -0.133. The van der Waals surface area contributed by atoms with Crippen LogP contribution in [0.1, 0.15) is 25.8 Å². The molecule has 0 saturated heterocycles. The smallest absolute Gasteiger partial charge is 0.313 e. The molecule has 0 amide bonds. The fourth-order valence-electron chi connectivity index (χ4n) is 2.20. The van der Waals surface area contributed by atoms with E-state index in [0.717, 1.165) is 18.0 Å². The standard InChI is InChI=1S/C16H20N2O2S/c1-16(2,9-8-13-6-4-3-5-7-13)18-11-10-17-15(18)21-12-14(19)20/h3-7,10-11H,8-9,12H2,1-2H3,(H,19,20). The highest BCUT2D eigenvalue weighted by Crippen LogP contribution is 2.28. The van der Waals surface area contributed by atoms with Crippen molar-refractivity contribution in [3.05, 3.63) is 48.3 Å². The summed E-state index contributed by atoms with van der Waals surface area (Å²) in [6, 6.07) is 10.4. The van der Waals surface area contributed by atoms with Gasteiger partial charge in [0, 0.05) is 17.9 Å². The first-order valence-corrected chi connectivity index (χ1v) is 7.90. The minimum Gasteiger partial charge on any atom is -0.481 e. The number of aryl methyl sites for hydroxylation is 1. The third-order valence-electron chi connectivity index (χ3n) is 3.45. The minimum absolute atomic E-state index is 0.0335. The van der Waals surface area contributed by atoms with Crippen LogP contribution >= 0.6 is 11.8 Å². The van der Waals surface area contributed by atoms with Crippen LogP contribution < -0.4 is 0 Å². The summed E-state index contributed by atoms with van der Waals surface area (Å²) in [6.45, 7) is 4.31. The molecular formula is C16H20N2O2S. The number of carboxylic acid groups (broad SMARTS) is 1. The first-order valence-electron chi connectivity index (χ1n) is 6.91. The molecule has 0 fully saturated rings. The number of imidazole rings is 1. The Bertz CT molecular complexity index is 593. The van der Waals surface area contributed by atoms with Gasteiger partial charge in [-0.15, -0.1) is 0 Å². The molecule has 0 aliphatic heterocycles. The van der Waals surface area contributed by atoms with Gasteiger partial charge in [-0.2, -0.15) is 0 Å². The predicted molar refractivity (Wildman–Crippen MR) is 84.7 cm³/mol. The summed E-state index contributed by atoms with van der Waals surface area (Å²) in [5.41, 5.74) is 1.21. The Balaban J connectivity index is 2.05. The molecular weight excluding hydrogens is 284 g/mol. The quantitative estimate of drug-likeness (QED) is 0.796. The molecule has 0 aliphatic carbocycles. The first kappa shape index (κ1) is 15.6. The molecule has 0 bridgehead atoms. The minimum atomic E-state index is -0.823. The monoisotopic (exact) mass is 304 g/mol. The molecule has 0 saturated carbocycles. The number of hydrogen-bond acceptors (Lipinski definition) is 3. The Morgan fingerprint density at radius 2 is 2.05 bits per heavy atom. The molecule has 2 aromatic rings. The number of aliphatic carboxylic acids is 1. The van der Waals surface area contributed by atoms with E-state index in [9.17, 15) is 4.79 Å². The van der Waals surface area contributed by atoms with Crippen LogP contribution in [0.5, 0.6) is 0 Å². The maximum Gasteiger partial charge on any atom is 0.313 e. The SMILES string of the molecule is CC(C)(CCc1ccccc1)n1ccnc1SCC(=O)O. The van der Waals surface area contributed by atoms with E-state index in [1.165, 1.54) is 17.3 Å². The van der Waals surface area contributed by atoms with Gasteiger partial charge in [-0.25, -0.2) is 4.98 Å². The summed E-state index contributed by atoms with van der Waals surface area (Å²) in [5.74, 6) is -0.789. The van der Waals surface area contributed by atoms with Crippen molar-refractivity contribution < 1.29 is 9.90 Å². The van der Waals surface area contributed by atoms with Crippen molar-refractivity contribution in [1.82, 2.24) is 9.55 Å². The van der Waals surface area contributed by atoms with Crippen LogP contribution in [0.15, 0.2) is 47.9 Å². The van der Waals surface area contributed by atoms with E-state index in [-0.39, 0.29) is 11.3 Å². The van der Waals surface area contributed by atoms with E-state index in [0.29, 0.717) is 0 Å². The van der Waals surface area contributed by atoms with Crippen molar-refractivity contribution in [1.29, 1.82) is 0 Å². The number of carbonyl (C=O) groups is 1. The van der Waals surface area contributed by atoms with Crippen molar-refractivity contribution in [3.8, 4) is 0 Å². The second kappa shape index (κ2) is 6.80. The molecule has 5 heteroatoms. The number of hydrogen-bond donors (Lipinski definition) is 1. The van der Waals surface area contributed by atoms with Gasteiger partial charge in [-0.05, 0) is 32.3 Å². The average molecular weight is 304 g/mol. The van der Waals surface area contributed by atoms with Gasteiger partial charge < -0.3 is 9.67 Å². The highest BCUT2D eigenvalue weighted by atomic mass is 32.2. The maximum atomic E-state index is 10.7. The van der Waals surface area contributed by atoms with Crippen molar-refractivity contribution in [2.75, 3.05) is 5.75 Å². The second-order valence-electron chi connectivity index (χ2n) is 5.56. The van der Waals surface area contributed by atoms with Gasteiger partial charge >= 0.3 is 5.97 Å². The molecule has 1 N–H and O–H groups in total. The van der Waals surface area contributed by atoms with Gasteiger partial charge in [-0.1, -0.05) is 42.1 Å². The van der Waals surface area contributed by atoms with E-state index in [2.05, 4.69) is 35.5 Å². The van der Waals surface area contributed by atoms with Crippen LogP contribution in [0.2, 0.25) is 0 Å². The number of aromatic nitrogens is 2. The van der Waals surface area contributed by atoms with Crippen LogP contribution in [-0.4, -0.2) is 26.4 Å². The Hall–Kier alpha value is -1.75. The fraction of sp³-hybridized carbons (Fsp3) is 0.375. The number of carboxylic acids is 1. The van der Waals surface area contributed by atoms with Crippen LogP contribution in [0.3, 0.4) is 0 Å². The van der Waals surface area contributed by atoms with Crippen LogP contribution in [0.4, 0.5) is 0 Å². The molecule has 4 nitrogen and oxygen atoms in total. The Morgan fingerprint density at radius 1 is 1.33 bits per heavy atom. The van der Waals surface area contributed by atoms with Gasteiger partial charge in [0.2, 0.25) is 0 Å². The molecule has 0 spiro atoms. The van der Waals surface area contributed by atoms with Crippen LogP contribution in [0.25, 0.3) is 0 Å². The third-order valence-corrected chi connectivity index (χ3v) is 4.40. The number of nitrogens with zero attached hydrogens (tertiary/aromatic N) is 2. The molecule has 0 atom stereocenters. The highest BCUT2D eigenvalue weighted by Gasteiger charge is 2.23. The third kappa shape index (κ3) is 4.36. The maximum absolute atomic E-state index is 10.7. The molecule has 0 aliphatic rings. The van der Waals surface area contributed by atoms with E-state index >= 15 is 0 Å². The molecule has 21 heavy (non-hydrogen) atoms. The van der Waals surface area contributed by atoms with Crippen molar-refractivity contribution in [3.63, 3.8) is 0 Å². The zero-order valence-corrected chi connectivity index (χ0v) is 13.1. The molecule has 0 unspecified atom stereocenters. The Morgan fingerprint density at radius 3 is 2.71 bits per heavy atom. The van der Waals surface area contributed by atoms with E-state index in [4.69, 9.17) is 5.11 Å². The van der Waals surface area contributed by atoms with Gasteiger partial charge in [0.05, 0.1) is 5.75 Å². The normalized spacial score (nSPS) is 11.5. The molecule has 1 heterocycles. The summed E-state index contributed by atoms with van der Waals surface area (Å²) >= 11 is 1.26. The molecule has 0 radical (unpaired) electrons. The summed E-state index contributed by atoms with van der Waals surface area (Å²) in [7, 11) is 0. The van der Waals surface area contributed by atoms with Crippen molar-refractivity contribution in [2.24, 2.45) is 0 Å². The number of rotatable bonds is 7. The summed E-state index contributed by atoms with van der Waals surface area (Å²) < 4.78 is 2.07. The highest BCUT2D eigenvalue weighted by molar-refractivity contribution is 7.99. The van der Waals surface area contributed by atoms with Crippen molar-refractivity contribution in [2.45, 2.75) is 37.4 Å². The topological polar surface area (TPSA) is 55.1 Å². The van der Waals surface area contributed by atoms with Crippen LogP contribution in [0, 0.1) is 0 Å². The number of thioether (sulfide) groups is 1. The summed E-state index contributed by atoms with van der Waals surface area (Å²) in [6.07, 6.45) is 5.60. The van der Waals surface area contributed by atoms with Gasteiger partial charge in [0.25, 0.3) is 0 Å². The van der Waals surface area contributed by atoms with Crippen LogP contribution in [-0.2, 0) is 16.8 Å². The average Bonchev–Trinajstić information content (AvgIpc) is 2.93. The largest absolute Gasteiger partial charge is 0.481 e. The van der Waals surface area contributed by atoms with E-state index in [1.54, 1.807) is 6.20 Å². The zero-order chi connectivity index (χ0) is 15.3.